The van der Waals surface area contributed by atoms with Crippen LogP contribution in [0.1, 0.15) is 47.0 Å². The van der Waals surface area contributed by atoms with Crippen LogP contribution in [-0.2, 0) is 9.59 Å². The average Bonchev–Trinajstić information content (AvgIpc) is 2.42. The number of carbonyl (C=O) groups excluding carboxylic acids is 1. The van der Waals surface area contributed by atoms with E-state index in [1.807, 2.05) is 11.8 Å². The Balaban J connectivity index is 2.52. The molecule has 1 fully saturated rings. The summed E-state index contributed by atoms with van der Waals surface area (Å²) in [6, 6.07) is -0.0646. The van der Waals surface area contributed by atoms with E-state index in [0.717, 1.165) is 12.8 Å². The summed E-state index contributed by atoms with van der Waals surface area (Å²) in [5.74, 6) is -0.161. The summed E-state index contributed by atoms with van der Waals surface area (Å²) in [6.07, 6.45) is 3.44. The van der Waals surface area contributed by atoms with Crippen LogP contribution >= 0.6 is 0 Å². The predicted molar refractivity (Wildman–Crippen MR) is 83.0 cm³/mol. The molecule has 0 heterocycles. The zero-order valence-electron chi connectivity index (χ0n) is 13.9. The zero-order valence-corrected chi connectivity index (χ0v) is 13.9. The molecule has 2 N–H and O–H groups in total. The first-order valence-electron chi connectivity index (χ1n) is 7.97. The number of carbonyl (C=O) groups is 2. The van der Waals surface area contributed by atoms with Crippen LogP contribution in [-0.4, -0.2) is 47.6 Å². The molecule has 0 spiro atoms. The van der Waals surface area contributed by atoms with E-state index in [2.05, 4.69) is 19.2 Å². The smallest absolute Gasteiger partial charge is 0.307 e. The van der Waals surface area contributed by atoms with Gasteiger partial charge in [-0.15, -0.1) is 0 Å². The van der Waals surface area contributed by atoms with Crippen LogP contribution < -0.4 is 5.32 Å². The molecular formula is C16H30N2O3. The highest BCUT2D eigenvalue weighted by atomic mass is 16.4. The summed E-state index contributed by atoms with van der Waals surface area (Å²) in [5.41, 5.74) is 0. The van der Waals surface area contributed by atoms with Crippen molar-refractivity contribution in [3.05, 3.63) is 0 Å². The van der Waals surface area contributed by atoms with E-state index in [0.29, 0.717) is 18.4 Å². The summed E-state index contributed by atoms with van der Waals surface area (Å²) >= 11 is 0. The Morgan fingerprint density at radius 1 is 1.29 bits per heavy atom. The molecule has 1 saturated carbocycles. The lowest BCUT2D eigenvalue weighted by atomic mass is 9.78. The van der Waals surface area contributed by atoms with Crippen molar-refractivity contribution < 1.29 is 14.7 Å². The molecule has 122 valence electrons. The number of hydrogen-bond acceptors (Lipinski definition) is 3. The van der Waals surface area contributed by atoms with Gasteiger partial charge < -0.3 is 10.4 Å². The number of carboxylic acid groups (broad SMARTS) is 1. The lowest BCUT2D eigenvalue weighted by Gasteiger charge is -2.36. The van der Waals surface area contributed by atoms with E-state index in [9.17, 15) is 9.59 Å². The molecule has 5 heteroatoms. The van der Waals surface area contributed by atoms with Crippen LogP contribution in [0, 0.1) is 17.8 Å². The van der Waals surface area contributed by atoms with Gasteiger partial charge in [0.25, 0.3) is 0 Å². The highest BCUT2D eigenvalue weighted by molar-refractivity contribution is 5.81. The fourth-order valence-corrected chi connectivity index (χ4v) is 2.96. The van der Waals surface area contributed by atoms with Crippen molar-refractivity contribution >= 4 is 11.9 Å². The van der Waals surface area contributed by atoms with Crippen LogP contribution in [0.4, 0.5) is 0 Å². The standard InChI is InChI=1S/C16H30N2O3/c1-10-7-6-8-14(12(10)3)17-15(19)13(4)18(5)9-11(2)16(20)21/h10-14H,6-9H2,1-5H3,(H,17,19)(H,20,21). The molecule has 0 aromatic rings. The second kappa shape index (κ2) is 7.78. The molecule has 21 heavy (non-hydrogen) atoms. The minimum atomic E-state index is -0.829. The van der Waals surface area contributed by atoms with Gasteiger partial charge in [-0.05, 0) is 32.2 Å². The Kier molecular flexibility index (Phi) is 6.65. The van der Waals surface area contributed by atoms with E-state index < -0.39 is 11.9 Å². The molecule has 5 unspecified atom stereocenters. The number of amides is 1. The monoisotopic (exact) mass is 298 g/mol. The molecule has 1 aliphatic rings. The van der Waals surface area contributed by atoms with Crippen molar-refractivity contribution in [2.75, 3.05) is 13.6 Å². The Hall–Kier alpha value is -1.10. The van der Waals surface area contributed by atoms with Crippen LogP contribution in [0.25, 0.3) is 0 Å². The summed E-state index contributed by atoms with van der Waals surface area (Å²) in [6.45, 7) is 8.32. The lowest BCUT2D eigenvalue weighted by molar-refractivity contribution is -0.142. The first kappa shape index (κ1) is 18.0. The van der Waals surface area contributed by atoms with E-state index >= 15 is 0 Å². The van der Waals surface area contributed by atoms with E-state index in [-0.39, 0.29) is 18.0 Å². The fourth-order valence-electron chi connectivity index (χ4n) is 2.96. The third kappa shape index (κ3) is 4.99. The van der Waals surface area contributed by atoms with Gasteiger partial charge in [-0.2, -0.15) is 0 Å². The van der Waals surface area contributed by atoms with E-state index in [1.54, 1.807) is 14.0 Å². The fraction of sp³-hybridized carbons (Fsp3) is 0.875. The molecule has 0 radical (unpaired) electrons. The van der Waals surface area contributed by atoms with Crippen LogP contribution in [0.2, 0.25) is 0 Å². The number of nitrogens with one attached hydrogen (secondary N) is 1. The Labute approximate surface area is 128 Å². The van der Waals surface area contributed by atoms with Gasteiger partial charge in [0.1, 0.15) is 0 Å². The van der Waals surface area contributed by atoms with Crippen molar-refractivity contribution in [3.8, 4) is 0 Å². The quantitative estimate of drug-likeness (QED) is 0.786. The molecule has 0 saturated heterocycles. The number of hydrogen-bond donors (Lipinski definition) is 2. The second-order valence-electron chi connectivity index (χ2n) is 6.74. The van der Waals surface area contributed by atoms with Crippen molar-refractivity contribution in [1.82, 2.24) is 10.2 Å². The van der Waals surface area contributed by atoms with Gasteiger partial charge in [0.2, 0.25) is 5.91 Å². The zero-order chi connectivity index (χ0) is 16.2. The van der Waals surface area contributed by atoms with Gasteiger partial charge in [0.05, 0.1) is 12.0 Å². The molecule has 1 rings (SSSR count). The Morgan fingerprint density at radius 3 is 2.48 bits per heavy atom. The maximum Gasteiger partial charge on any atom is 0.307 e. The summed E-state index contributed by atoms with van der Waals surface area (Å²) < 4.78 is 0. The van der Waals surface area contributed by atoms with E-state index in [4.69, 9.17) is 5.11 Å². The molecule has 5 atom stereocenters. The predicted octanol–water partition coefficient (Wildman–Crippen LogP) is 1.97. The molecule has 5 nitrogen and oxygen atoms in total. The average molecular weight is 298 g/mol. The minimum Gasteiger partial charge on any atom is -0.481 e. The van der Waals surface area contributed by atoms with Gasteiger partial charge in [0, 0.05) is 12.6 Å². The third-order valence-corrected chi connectivity index (χ3v) is 5.06. The minimum absolute atomic E-state index is 0.000962. The molecule has 0 aromatic carbocycles. The molecule has 1 aliphatic carbocycles. The summed E-state index contributed by atoms with van der Waals surface area (Å²) in [5, 5.41) is 12.1. The largest absolute Gasteiger partial charge is 0.481 e. The molecular weight excluding hydrogens is 268 g/mol. The van der Waals surface area contributed by atoms with Gasteiger partial charge in [-0.1, -0.05) is 33.6 Å². The maximum absolute atomic E-state index is 12.4. The van der Waals surface area contributed by atoms with Crippen LogP contribution in [0.5, 0.6) is 0 Å². The maximum atomic E-state index is 12.4. The number of likely N-dealkylation sites (N-methyl/N-ethyl adjacent to an activating group) is 1. The number of nitrogens with zero attached hydrogens (tertiary/aromatic N) is 1. The molecule has 0 bridgehead atoms. The van der Waals surface area contributed by atoms with Gasteiger partial charge >= 0.3 is 5.97 Å². The van der Waals surface area contributed by atoms with E-state index in [1.165, 1.54) is 6.42 Å². The van der Waals surface area contributed by atoms with Crippen molar-refractivity contribution in [2.45, 2.75) is 59.0 Å². The van der Waals surface area contributed by atoms with Crippen molar-refractivity contribution in [1.29, 1.82) is 0 Å². The highest BCUT2D eigenvalue weighted by Gasteiger charge is 2.30. The molecule has 1 amide bonds. The molecule has 0 aliphatic heterocycles. The Morgan fingerprint density at radius 2 is 1.90 bits per heavy atom. The highest BCUT2D eigenvalue weighted by Crippen LogP contribution is 2.29. The topological polar surface area (TPSA) is 69.6 Å². The third-order valence-electron chi connectivity index (χ3n) is 5.06. The second-order valence-corrected chi connectivity index (χ2v) is 6.74. The van der Waals surface area contributed by atoms with Crippen molar-refractivity contribution in [2.24, 2.45) is 17.8 Å². The van der Waals surface area contributed by atoms with Gasteiger partial charge in [-0.25, -0.2) is 0 Å². The number of rotatable bonds is 6. The summed E-state index contributed by atoms with van der Waals surface area (Å²) in [4.78, 5) is 25.1. The van der Waals surface area contributed by atoms with Crippen LogP contribution in [0.15, 0.2) is 0 Å². The first-order valence-corrected chi connectivity index (χ1v) is 7.97. The lowest BCUT2D eigenvalue weighted by Crippen LogP contribution is -2.51. The molecule has 0 aromatic heterocycles. The number of carboxylic acids is 1. The van der Waals surface area contributed by atoms with Gasteiger partial charge in [-0.3, -0.25) is 14.5 Å². The van der Waals surface area contributed by atoms with Crippen LogP contribution in [0.3, 0.4) is 0 Å². The SMILES string of the molecule is CC(CN(C)C(C)C(=O)NC1CCCC(C)C1C)C(=O)O. The number of aliphatic carboxylic acids is 1. The first-order chi connectivity index (χ1) is 9.73. The van der Waals surface area contributed by atoms with Crippen molar-refractivity contribution in [3.63, 3.8) is 0 Å². The summed E-state index contributed by atoms with van der Waals surface area (Å²) in [7, 11) is 1.80. The normalized spacial score (nSPS) is 29.0. The Bertz CT molecular complexity index is 373. The van der Waals surface area contributed by atoms with Gasteiger partial charge in [0.15, 0.2) is 0 Å².